The number of nitrogens with zero attached hydrogens (tertiary/aromatic N) is 5. The molecule has 0 unspecified atom stereocenters. The van der Waals surface area contributed by atoms with Crippen LogP contribution in [0.5, 0.6) is 0 Å². The van der Waals surface area contributed by atoms with Crippen LogP contribution in [0.1, 0.15) is 19.8 Å². The highest BCUT2D eigenvalue weighted by Crippen LogP contribution is 2.17. The van der Waals surface area contributed by atoms with Gasteiger partial charge in [-0.1, -0.05) is 18.7 Å². The smallest absolute Gasteiger partial charge is 0.240 e. The third-order valence-corrected chi connectivity index (χ3v) is 3.53. The number of ether oxygens (including phenoxy) is 1. The maximum Gasteiger partial charge on any atom is 0.240 e. The van der Waals surface area contributed by atoms with Crippen molar-refractivity contribution in [2.24, 2.45) is 0 Å². The fraction of sp³-hybridized carbons (Fsp3) is 0.538. The van der Waals surface area contributed by atoms with Crippen molar-refractivity contribution in [3.05, 3.63) is 18.7 Å². The minimum absolute atomic E-state index is 0.579. The van der Waals surface area contributed by atoms with E-state index >= 15 is 0 Å². The minimum Gasteiger partial charge on any atom is -0.385 e. The van der Waals surface area contributed by atoms with Crippen molar-refractivity contribution in [2.75, 3.05) is 31.3 Å². The fourth-order valence-electron chi connectivity index (χ4n) is 1.59. The van der Waals surface area contributed by atoms with Gasteiger partial charge in [0.15, 0.2) is 5.16 Å². The minimum atomic E-state index is 0.579. The molecule has 114 valence electrons. The Kier molecular flexibility index (Phi) is 6.42. The molecule has 0 atom stereocenters. The zero-order valence-electron chi connectivity index (χ0n) is 12.3. The van der Waals surface area contributed by atoms with Gasteiger partial charge in [0.1, 0.15) is 6.33 Å². The van der Waals surface area contributed by atoms with Gasteiger partial charge in [0.05, 0.1) is 0 Å². The number of hydrogen-bond donors (Lipinski definition) is 1. The first-order valence-electron chi connectivity index (χ1n) is 6.93. The lowest BCUT2D eigenvalue weighted by atomic mass is 10.5. The Morgan fingerprint density at radius 2 is 2.24 bits per heavy atom. The number of anilines is 1. The van der Waals surface area contributed by atoms with Gasteiger partial charge < -0.3 is 10.1 Å². The maximum atomic E-state index is 5.05. The molecule has 2 aromatic rings. The number of rotatable bonds is 9. The predicted molar refractivity (Wildman–Crippen MR) is 82.9 cm³/mol. The van der Waals surface area contributed by atoms with E-state index in [-0.39, 0.29) is 0 Å². The van der Waals surface area contributed by atoms with Crippen molar-refractivity contribution in [1.29, 1.82) is 0 Å². The van der Waals surface area contributed by atoms with E-state index in [4.69, 9.17) is 4.74 Å². The largest absolute Gasteiger partial charge is 0.385 e. The lowest BCUT2D eigenvalue weighted by Crippen LogP contribution is -2.10. The van der Waals surface area contributed by atoms with Gasteiger partial charge >= 0.3 is 0 Å². The molecule has 7 nitrogen and oxygen atoms in total. The highest BCUT2D eigenvalue weighted by molar-refractivity contribution is 7.99. The van der Waals surface area contributed by atoms with Crippen LogP contribution in [-0.4, -0.2) is 50.5 Å². The summed E-state index contributed by atoms with van der Waals surface area (Å²) in [6.45, 7) is 3.68. The Balaban J connectivity index is 2.12. The summed E-state index contributed by atoms with van der Waals surface area (Å²) in [7, 11) is 1.71. The van der Waals surface area contributed by atoms with E-state index in [1.54, 1.807) is 36.0 Å². The summed E-state index contributed by atoms with van der Waals surface area (Å²) in [4.78, 5) is 17.3. The first kappa shape index (κ1) is 15.7. The average molecular weight is 308 g/mol. The van der Waals surface area contributed by atoms with E-state index in [1.165, 1.54) is 0 Å². The zero-order valence-corrected chi connectivity index (χ0v) is 13.1. The van der Waals surface area contributed by atoms with Gasteiger partial charge in [0.25, 0.3) is 0 Å². The summed E-state index contributed by atoms with van der Waals surface area (Å²) in [5, 5.41) is 3.92. The fourth-order valence-corrected chi connectivity index (χ4v) is 2.33. The van der Waals surface area contributed by atoms with Crippen LogP contribution in [0, 0.1) is 0 Å². The molecule has 0 aliphatic rings. The summed E-state index contributed by atoms with van der Waals surface area (Å²) < 4.78 is 6.82. The molecule has 0 bridgehead atoms. The normalized spacial score (nSPS) is 10.8. The first-order valence-corrected chi connectivity index (χ1v) is 7.92. The van der Waals surface area contributed by atoms with Gasteiger partial charge in [-0.05, 0) is 12.8 Å². The lowest BCUT2D eigenvalue weighted by molar-refractivity contribution is 0.200. The van der Waals surface area contributed by atoms with Crippen molar-refractivity contribution in [3.63, 3.8) is 0 Å². The van der Waals surface area contributed by atoms with Gasteiger partial charge in [-0.2, -0.15) is 15.0 Å². The highest BCUT2D eigenvalue weighted by Gasteiger charge is 2.08. The maximum absolute atomic E-state index is 5.05. The van der Waals surface area contributed by atoms with E-state index < -0.39 is 0 Å². The topological polar surface area (TPSA) is 77.8 Å². The molecule has 8 heteroatoms. The summed E-state index contributed by atoms with van der Waals surface area (Å²) in [5.74, 6) is 2.09. The Hall–Kier alpha value is -1.67. The molecule has 2 aromatic heterocycles. The first-order chi connectivity index (χ1) is 10.3. The van der Waals surface area contributed by atoms with Gasteiger partial charge in [-0.25, -0.2) is 4.98 Å². The number of hydrogen-bond acceptors (Lipinski definition) is 7. The predicted octanol–water partition coefficient (Wildman–Crippen LogP) is 2.01. The SMILES string of the molecule is CCCNc1nc(SCCCOC)nc(-n2ccnc2)n1. The third-order valence-electron chi connectivity index (χ3n) is 2.60. The molecule has 0 saturated carbocycles. The van der Waals surface area contributed by atoms with Crippen molar-refractivity contribution in [2.45, 2.75) is 24.9 Å². The summed E-state index contributed by atoms with van der Waals surface area (Å²) in [5.41, 5.74) is 0. The van der Waals surface area contributed by atoms with Crippen molar-refractivity contribution < 1.29 is 4.74 Å². The van der Waals surface area contributed by atoms with Crippen LogP contribution < -0.4 is 5.32 Å². The van der Waals surface area contributed by atoms with Crippen LogP contribution in [0.15, 0.2) is 23.9 Å². The van der Waals surface area contributed by atoms with Gasteiger partial charge in [0.2, 0.25) is 11.9 Å². The summed E-state index contributed by atoms with van der Waals surface area (Å²) >= 11 is 1.60. The number of methoxy groups -OCH3 is 1. The summed E-state index contributed by atoms with van der Waals surface area (Å²) in [6, 6.07) is 0. The molecule has 2 rings (SSSR count). The van der Waals surface area contributed by atoms with E-state index in [9.17, 15) is 0 Å². The highest BCUT2D eigenvalue weighted by atomic mass is 32.2. The van der Waals surface area contributed by atoms with Crippen LogP contribution in [0.3, 0.4) is 0 Å². The van der Waals surface area contributed by atoms with E-state index in [0.717, 1.165) is 31.7 Å². The Bertz CT molecular complexity index is 533. The number of aromatic nitrogens is 5. The molecule has 21 heavy (non-hydrogen) atoms. The van der Waals surface area contributed by atoms with Gasteiger partial charge in [-0.15, -0.1) is 0 Å². The zero-order chi connectivity index (χ0) is 14.9. The second-order valence-electron chi connectivity index (χ2n) is 4.33. The van der Waals surface area contributed by atoms with E-state index in [1.807, 2.05) is 6.20 Å². The molecule has 0 aromatic carbocycles. The van der Waals surface area contributed by atoms with Crippen LogP contribution in [0.4, 0.5) is 5.95 Å². The molecule has 2 heterocycles. The van der Waals surface area contributed by atoms with E-state index in [2.05, 4.69) is 32.2 Å². The molecule has 0 aliphatic carbocycles. The Morgan fingerprint density at radius 1 is 1.33 bits per heavy atom. The van der Waals surface area contributed by atoms with Crippen molar-refractivity contribution >= 4 is 17.7 Å². The molecule has 0 spiro atoms. The van der Waals surface area contributed by atoms with Crippen LogP contribution in [0.25, 0.3) is 5.95 Å². The Morgan fingerprint density at radius 3 is 2.95 bits per heavy atom. The van der Waals surface area contributed by atoms with E-state index in [0.29, 0.717) is 17.1 Å². The van der Waals surface area contributed by atoms with Crippen LogP contribution >= 0.6 is 11.8 Å². The molecule has 0 aliphatic heterocycles. The average Bonchev–Trinajstić information content (AvgIpc) is 3.04. The number of imidazole rings is 1. The quantitative estimate of drug-likeness (QED) is 0.561. The standard InChI is InChI=1S/C13H20N6OS/c1-3-5-15-11-16-12(19-7-6-14-10-19)18-13(17-11)21-9-4-8-20-2/h6-7,10H,3-5,8-9H2,1-2H3,(H,15,16,17,18). The molecule has 0 amide bonds. The second kappa shape index (κ2) is 8.58. The summed E-state index contributed by atoms with van der Waals surface area (Å²) in [6.07, 6.45) is 7.18. The molecule has 0 radical (unpaired) electrons. The molecule has 0 saturated heterocycles. The molecule has 0 fully saturated rings. The lowest BCUT2D eigenvalue weighted by Gasteiger charge is -2.08. The monoisotopic (exact) mass is 308 g/mol. The third kappa shape index (κ3) is 4.98. The van der Waals surface area contributed by atoms with Crippen molar-refractivity contribution in [3.8, 4) is 5.95 Å². The van der Waals surface area contributed by atoms with Gasteiger partial charge in [0, 0.05) is 38.4 Å². The Labute approximate surface area is 128 Å². The molecule has 1 N–H and O–H groups in total. The number of nitrogens with one attached hydrogen (secondary N) is 1. The molecular formula is C13H20N6OS. The van der Waals surface area contributed by atoms with Crippen molar-refractivity contribution in [1.82, 2.24) is 24.5 Å². The second-order valence-corrected chi connectivity index (χ2v) is 5.40. The van der Waals surface area contributed by atoms with Crippen LogP contribution in [-0.2, 0) is 4.74 Å². The molecular weight excluding hydrogens is 288 g/mol. The van der Waals surface area contributed by atoms with Gasteiger partial charge in [-0.3, -0.25) is 4.57 Å². The van der Waals surface area contributed by atoms with Crippen LogP contribution in [0.2, 0.25) is 0 Å². The number of thioether (sulfide) groups is 1.